The van der Waals surface area contributed by atoms with Crippen molar-refractivity contribution in [3.63, 3.8) is 0 Å². The zero-order valence-electron chi connectivity index (χ0n) is 11.9. The molecule has 2 unspecified atom stereocenters. The van der Waals surface area contributed by atoms with Crippen molar-refractivity contribution >= 4 is 5.91 Å². The molecule has 0 bridgehead atoms. The van der Waals surface area contributed by atoms with E-state index in [0.717, 1.165) is 25.9 Å². The second-order valence-electron chi connectivity index (χ2n) is 5.76. The zero-order chi connectivity index (χ0) is 13.2. The predicted octanol–water partition coefficient (Wildman–Crippen LogP) is 0.912. The van der Waals surface area contributed by atoms with Crippen LogP contribution < -0.4 is 5.73 Å². The molecule has 0 heterocycles. The molecule has 4 heteroatoms. The molecule has 1 saturated carbocycles. The highest BCUT2D eigenvalue weighted by Crippen LogP contribution is 2.39. The van der Waals surface area contributed by atoms with Crippen LogP contribution in [0.4, 0.5) is 0 Å². The van der Waals surface area contributed by atoms with Crippen LogP contribution in [0.25, 0.3) is 0 Å². The molecular formula is C13H27N3O. The van der Waals surface area contributed by atoms with Gasteiger partial charge in [0.25, 0.3) is 0 Å². The first-order valence-corrected chi connectivity index (χ1v) is 6.55. The Morgan fingerprint density at radius 2 is 2.00 bits per heavy atom. The topological polar surface area (TPSA) is 49.6 Å². The second-order valence-corrected chi connectivity index (χ2v) is 5.76. The average Bonchev–Trinajstić information content (AvgIpc) is 3.00. The number of carbonyl (C=O) groups is 1. The van der Waals surface area contributed by atoms with Crippen molar-refractivity contribution in [2.24, 2.45) is 11.7 Å². The Morgan fingerprint density at radius 1 is 1.47 bits per heavy atom. The number of carbonyl (C=O) groups excluding carboxylic acids is 1. The molecule has 1 aliphatic carbocycles. The Balaban J connectivity index is 2.69. The van der Waals surface area contributed by atoms with Gasteiger partial charge in [-0.05, 0) is 53.6 Å². The Kier molecular flexibility index (Phi) is 4.55. The zero-order valence-corrected chi connectivity index (χ0v) is 11.9. The highest BCUT2D eigenvalue weighted by Gasteiger charge is 2.46. The summed E-state index contributed by atoms with van der Waals surface area (Å²) in [6.07, 6.45) is 2.19. The summed E-state index contributed by atoms with van der Waals surface area (Å²) in [7, 11) is 4.05. The molecule has 0 spiro atoms. The summed E-state index contributed by atoms with van der Waals surface area (Å²) < 4.78 is 0. The van der Waals surface area contributed by atoms with E-state index < -0.39 is 5.54 Å². The van der Waals surface area contributed by atoms with E-state index in [9.17, 15) is 4.79 Å². The first-order chi connectivity index (χ1) is 7.80. The summed E-state index contributed by atoms with van der Waals surface area (Å²) in [5, 5.41) is 0. The summed E-state index contributed by atoms with van der Waals surface area (Å²) in [6.45, 7) is 7.60. The van der Waals surface area contributed by atoms with Gasteiger partial charge in [0.1, 0.15) is 0 Å². The van der Waals surface area contributed by atoms with Gasteiger partial charge >= 0.3 is 0 Å². The summed E-state index contributed by atoms with van der Waals surface area (Å²) in [5.41, 5.74) is 5.54. The van der Waals surface area contributed by atoms with Crippen molar-refractivity contribution in [3.05, 3.63) is 0 Å². The number of nitrogens with zero attached hydrogens (tertiary/aromatic N) is 2. The highest BCUT2D eigenvalue weighted by atomic mass is 16.2. The van der Waals surface area contributed by atoms with Crippen LogP contribution in [0.15, 0.2) is 0 Å². The SMILES string of the molecule is CCN(C(=O)C(C)(N)C1CC1)C(C)CN(C)C. The van der Waals surface area contributed by atoms with Gasteiger partial charge in [0.15, 0.2) is 0 Å². The quantitative estimate of drug-likeness (QED) is 0.752. The lowest BCUT2D eigenvalue weighted by Gasteiger charge is -2.36. The summed E-state index contributed by atoms with van der Waals surface area (Å²) >= 11 is 0. The smallest absolute Gasteiger partial charge is 0.242 e. The minimum Gasteiger partial charge on any atom is -0.337 e. The van der Waals surface area contributed by atoms with Gasteiger partial charge in [0, 0.05) is 19.1 Å². The van der Waals surface area contributed by atoms with E-state index >= 15 is 0 Å². The summed E-state index contributed by atoms with van der Waals surface area (Å²) in [6, 6.07) is 0.212. The van der Waals surface area contributed by atoms with E-state index in [1.807, 2.05) is 32.8 Å². The standard InChI is InChI=1S/C13H27N3O/c1-6-16(10(2)9-15(4)5)12(17)13(3,14)11-7-8-11/h10-11H,6-9,14H2,1-5H3. The van der Waals surface area contributed by atoms with Gasteiger partial charge in [-0.3, -0.25) is 4.79 Å². The van der Waals surface area contributed by atoms with Gasteiger partial charge in [-0.25, -0.2) is 0 Å². The molecule has 1 fully saturated rings. The van der Waals surface area contributed by atoms with Gasteiger partial charge in [-0.15, -0.1) is 0 Å². The Morgan fingerprint density at radius 3 is 2.35 bits per heavy atom. The monoisotopic (exact) mass is 241 g/mol. The van der Waals surface area contributed by atoms with Crippen LogP contribution in [-0.4, -0.2) is 54.5 Å². The average molecular weight is 241 g/mol. The van der Waals surface area contributed by atoms with E-state index in [0.29, 0.717) is 5.92 Å². The largest absolute Gasteiger partial charge is 0.337 e. The van der Waals surface area contributed by atoms with Gasteiger partial charge in [-0.2, -0.15) is 0 Å². The molecule has 2 atom stereocenters. The lowest BCUT2D eigenvalue weighted by Crippen LogP contribution is -2.58. The number of likely N-dealkylation sites (N-methyl/N-ethyl adjacent to an activating group) is 2. The maximum Gasteiger partial charge on any atom is 0.242 e. The number of hydrogen-bond acceptors (Lipinski definition) is 3. The molecule has 17 heavy (non-hydrogen) atoms. The number of rotatable bonds is 6. The Hall–Kier alpha value is -0.610. The van der Waals surface area contributed by atoms with Gasteiger partial charge in [0.2, 0.25) is 5.91 Å². The number of amides is 1. The maximum atomic E-state index is 12.5. The van der Waals surface area contributed by atoms with Crippen molar-refractivity contribution in [2.45, 2.75) is 45.2 Å². The fraction of sp³-hybridized carbons (Fsp3) is 0.923. The van der Waals surface area contributed by atoms with Gasteiger partial charge in [-0.1, -0.05) is 0 Å². The molecule has 100 valence electrons. The summed E-state index contributed by atoms with van der Waals surface area (Å²) in [4.78, 5) is 16.5. The molecule has 0 saturated heterocycles. The number of hydrogen-bond donors (Lipinski definition) is 1. The minimum atomic E-state index is -0.670. The van der Waals surface area contributed by atoms with Crippen molar-refractivity contribution < 1.29 is 4.79 Å². The Labute approximate surface area is 105 Å². The van der Waals surface area contributed by atoms with Gasteiger partial charge in [0.05, 0.1) is 5.54 Å². The van der Waals surface area contributed by atoms with Crippen LogP contribution in [0.1, 0.15) is 33.6 Å². The molecule has 1 rings (SSSR count). The van der Waals surface area contributed by atoms with Crippen molar-refractivity contribution in [3.8, 4) is 0 Å². The fourth-order valence-electron chi connectivity index (χ4n) is 2.45. The van der Waals surface area contributed by atoms with E-state index in [1.165, 1.54) is 0 Å². The van der Waals surface area contributed by atoms with E-state index in [4.69, 9.17) is 5.73 Å². The molecule has 4 nitrogen and oxygen atoms in total. The molecular weight excluding hydrogens is 214 g/mol. The lowest BCUT2D eigenvalue weighted by molar-refractivity contribution is -0.139. The fourth-order valence-corrected chi connectivity index (χ4v) is 2.45. The first kappa shape index (κ1) is 14.5. The van der Waals surface area contributed by atoms with Crippen LogP contribution in [0, 0.1) is 5.92 Å². The predicted molar refractivity (Wildman–Crippen MR) is 70.7 cm³/mol. The Bertz CT molecular complexity index is 272. The molecule has 2 N–H and O–H groups in total. The third-order valence-corrected chi connectivity index (χ3v) is 3.65. The highest BCUT2D eigenvalue weighted by molar-refractivity contribution is 5.86. The lowest BCUT2D eigenvalue weighted by atomic mass is 9.94. The van der Waals surface area contributed by atoms with Crippen molar-refractivity contribution in [1.29, 1.82) is 0 Å². The molecule has 0 aliphatic heterocycles. The van der Waals surface area contributed by atoms with Crippen LogP contribution in [0.2, 0.25) is 0 Å². The first-order valence-electron chi connectivity index (χ1n) is 6.55. The maximum absolute atomic E-state index is 12.5. The van der Waals surface area contributed by atoms with Crippen molar-refractivity contribution in [1.82, 2.24) is 9.80 Å². The van der Waals surface area contributed by atoms with E-state index in [-0.39, 0.29) is 11.9 Å². The van der Waals surface area contributed by atoms with E-state index in [1.54, 1.807) is 0 Å². The molecule has 0 aromatic heterocycles. The van der Waals surface area contributed by atoms with Crippen LogP contribution in [-0.2, 0) is 4.79 Å². The second kappa shape index (κ2) is 5.36. The van der Waals surface area contributed by atoms with E-state index in [2.05, 4.69) is 11.8 Å². The normalized spacial score (nSPS) is 21.1. The summed E-state index contributed by atoms with van der Waals surface area (Å²) in [5.74, 6) is 0.493. The third kappa shape index (κ3) is 3.42. The molecule has 0 radical (unpaired) electrons. The molecule has 0 aromatic carbocycles. The molecule has 1 amide bonds. The third-order valence-electron chi connectivity index (χ3n) is 3.65. The van der Waals surface area contributed by atoms with Gasteiger partial charge < -0.3 is 15.5 Å². The van der Waals surface area contributed by atoms with Crippen LogP contribution in [0.3, 0.4) is 0 Å². The molecule has 1 aliphatic rings. The number of nitrogens with two attached hydrogens (primary N) is 1. The van der Waals surface area contributed by atoms with Crippen molar-refractivity contribution in [2.75, 3.05) is 27.2 Å². The van der Waals surface area contributed by atoms with Crippen LogP contribution in [0.5, 0.6) is 0 Å². The van der Waals surface area contributed by atoms with Crippen LogP contribution >= 0.6 is 0 Å². The molecule has 0 aromatic rings. The minimum absolute atomic E-state index is 0.108.